The average Bonchev–Trinajstić information content (AvgIpc) is 2.33. The van der Waals surface area contributed by atoms with Gasteiger partial charge in [-0.05, 0) is 18.8 Å². The minimum atomic E-state index is -3.42. The summed E-state index contributed by atoms with van der Waals surface area (Å²) in [6, 6.07) is 0. The molecule has 0 radical (unpaired) electrons. The third kappa shape index (κ3) is 3.09. The van der Waals surface area contributed by atoms with Gasteiger partial charge in [0.25, 0.3) is 0 Å². The third-order valence-electron chi connectivity index (χ3n) is 4.66. The Kier molecular flexibility index (Phi) is 4.18. The minimum absolute atomic E-state index is 0.0810. The zero-order chi connectivity index (χ0) is 14.1. The molecule has 2 aliphatic rings. The molecule has 1 aliphatic carbocycles. The number of carboxylic acid groups (broad SMARTS) is 1. The van der Waals surface area contributed by atoms with E-state index in [9.17, 15) is 22.7 Å². The Morgan fingerprint density at radius 3 is 2.42 bits per heavy atom. The Hall–Kier alpha value is -0.650. The molecule has 0 spiro atoms. The van der Waals surface area contributed by atoms with Gasteiger partial charge < -0.3 is 5.11 Å². The van der Waals surface area contributed by atoms with Gasteiger partial charge in [0.15, 0.2) is 9.84 Å². The molecule has 1 N–H and O–H groups in total. The van der Waals surface area contributed by atoms with Crippen LogP contribution in [0.4, 0.5) is 4.39 Å². The van der Waals surface area contributed by atoms with E-state index in [0.29, 0.717) is 6.42 Å². The molecule has 1 saturated heterocycles. The second kappa shape index (κ2) is 5.38. The van der Waals surface area contributed by atoms with E-state index in [1.807, 2.05) is 0 Å². The quantitative estimate of drug-likeness (QED) is 0.865. The number of alkyl halides is 1. The molecule has 1 aliphatic heterocycles. The molecule has 2 unspecified atom stereocenters. The molecule has 2 rings (SSSR count). The van der Waals surface area contributed by atoms with Gasteiger partial charge in [0.05, 0.1) is 11.5 Å². The molecular formula is C13H21FO4S. The fourth-order valence-electron chi connectivity index (χ4n) is 3.42. The Labute approximate surface area is 113 Å². The first-order chi connectivity index (χ1) is 8.86. The standard InChI is InChI=1S/C13H21FO4S/c14-11-9-19(17,18)7-6-13(11,12(15)16)8-10-4-2-1-3-5-10/h10-11H,1-9H2,(H,15,16). The summed E-state index contributed by atoms with van der Waals surface area (Å²) in [6.07, 6.45) is 3.60. The van der Waals surface area contributed by atoms with Crippen LogP contribution in [-0.4, -0.2) is 37.2 Å². The molecule has 0 amide bonds. The molecule has 0 aromatic rings. The lowest BCUT2D eigenvalue weighted by molar-refractivity contribution is -0.155. The van der Waals surface area contributed by atoms with E-state index in [2.05, 4.69) is 0 Å². The van der Waals surface area contributed by atoms with Crippen molar-refractivity contribution in [2.24, 2.45) is 11.3 Å². The minimum Gasteiger partial charge on any atom is -0.481 e. The number of sulfone groups is 1. The summed E-state index contributed by atoms with van der Waals surface area (Å²) in [5.41, 5.74) is -1.48. The Morgan fingerprint density at radius 1 is 1.26 bits per heavy atom. The predicted molar refractivity (Wildman–Crippen MR) is 69.4 cm³/mol. The first-order valence-electron chi connectivity index (χ1n) is 6.94. The van der Waals surface area contributed by atoms with Crippen molar-refractivity contribution in [3.8, 4) is 0 Å². The number of carboxylic acids is 1. The highest BCUT2D eigenvalue weighted by atomic mass is 32.2. The van der Waals surface area contributed by atoms with Crippen molar-refractivity contribution in [2.45, 2.75) is 51.1 Å². The average molecular weight is 292 g/mol. The van der Waals surface area contributed by atoms with Crippen molar-refractivity contribution in [1.82, 2.24) is 0 Å². The molecule has 2 fully saturated rings. The Morgan fingerprint density at radius 2 is 1.89 bits per heavy atom. The topological polar surface area (TPSA) is 71.4 Å². The summed E-state index contributed by atoms with van der Waals surface area (Å²) in [6.45, 7) is 0. The number of aliphatic carboxylic acids is 1. The first-order valence-corrected chi connectivity index (χ1v) is 8.76. The van der Waals surface area contributed by atoms with Crippen LogP contribution in [0.15, 0.2) is 0 Å². The van der Waals surface area contributed by atoms with E-state index < -0.39 is 33.1 Å². The molecule has 4 nitrogen and oxygen atoms in total. The van der Waals surface area contributed by atoms with E-state index in [-0.39, 0.29) is 18.1 Å². The van der Waals surface area contributed by atoms with Gasteiger partial charge in [-0.15, -0.1) is 0 Å². The third-order valence-corrected chi connectivity index (χ3v) is 6.29. The molecule has 0 aromatic carbocycles. The maximum absolute atomic E-state index is 14.2. The van der Waals surface area contributed by atoms with Gasteiger partial charge in [0.2, 0.25) is 0 Å². The number of carbonyl (C=O) groups is 1. The van der Waals surface area contributed by atoms with Crippen LogP contribution in [0.1, 0.15) is 44.9 Å². The second-order valence-electron chi connectivity index (χ2n) is 6.00. The Bertz CT molecular complexity index is 442. The lowest BCUT2D eigenvalue weighted by Crippen LogP contribution is -2.50. The maximum Gasteiger partial charge on any atom is 0.312 e. The lowest BCUT2D eigenvalue weighted by atomic mass is 9.70. The van der Waals surface area contributed by atoms with Crippen LogP contribution in [0.25, 0.3) is 0 Å². The smallest absolute Gasteiger partial charge is 0.312 e. The Balaban J connectivity index is 2.16. The molecule has 0 aromatic heterocycles. The number of rotatable bonds is 3. The molecule has 2 atom stereocenters. The summed E-state index contributed by atoms with van der Waals surface area (Å²) in [7, 11) is -3.42. The summed E-state index contributed by atoms with van der Waals surface area (Å²) in [5, 5.41) is 9.43. The molecule has 110 valence electrons. The van der Waals surface area contributed by atoms with E-state index in [1.165, 1.54) is 0 Å². The molecular weight excluding hydrogens is 271 g/mol. The summed E-state index contributed by atoms with van der Waals surface area (Å²) >= 11 is 0. The van der Waals surface area contributed by atoms with E-state index >= 15 is 0 Å². The normalized spacial score (nSPS) is 35.9. The maximum atomic E-state index is 14.2. The fraction of sp³-hybridized carbons (Fsp3) is 0.923. The van der Waals surface area contributed by atoms with Crippen molar-refractivity contribution in [3.05, 3.63) is 0 Å². The summed E-state index contributed by atoms with van der Waals surface area (Å²) in [4.78, 5) is 11.5. The van der Waals surface area contributed by atoms with Crippen molar-refractivity contribution >= 4 is 15.8 Å². The van der Waals surface area contributed by atoms with Gasteiger partial charge in [-0.3, -0.25) is 4.79 Å². The van der Waals surface area contributed by atoms with E-state index in [0.717, 1.165) is 32.1 Å². The SMILES string of the molecule is O=C(O)C1(CC2CCCCC2)CCS(=O)(=O)CC1F. The molecule has 0 bridgehead atoms. The van der Waals surface area contributed by atoms with Gasteiger partial charge in [-0.2, -0.15) is 0 Å². The highest BCUT2D eigenvalue weighted by Crippen LogP contribution is 2.44. The van der Waals surface area contributed by atoms with Crippen LogP contribution in [0.5, 0.6) is 0 Å². The van der Waals surface area contributed by atoms with Crippen LogP contribution < -0.4 is 0 Å². The summed E-state index contributed by atoms with van der Waals surface area (Å²) < 4.78 is 37.1. The largest absolute Gasteiger partial charge is 0.481 e. The second-order valence-corrected chi connectivity index (χ2v) is 8.23. The number of hydrogen-bond donors (Lipinski definition) is 1. The van der Waals surface area contributed by atoms with Crippen LogP contribution >= 0.6 is 0 Å². The molecule has 19 heavy (non-hydrogen) atoms. The predicted octanol–water partition coefficient (Wildman–Crippen LogP) is 2.18. The highest BCUT2D eigenvalue weighted by molar-refractivity contribution is 7.91. The molecule has 6 heteroatoms. The van der Waals surface area contributed by atoms with Gasteiger partial charge >= 0.3 is 5.97 Å². The number of hydrogen-bond acceptors (Lipinski definition) is 3. The van der Waals surface area contributed by atoms with Gasteiger partial charge in [0, 0.05) is 0 Å². The summed E-state index contributed by atoms with van der Waals surface area (Å²) in [5.74, 6) is -1.78. The zero-order valence-electron chi connectivity index (χ0n) is 11.0. The van der Waals surface area contributed by atoms with Gasteiger partial charge in [-0.1, -0.05) is 32.1 Å². The van der Waals surface area contributed by atoms with Crippen molar-refractivity contribution in [1.29, 1.82) is 0 Å². The number of halogens is 1. The monoisotopic (exact) mass is 292 g/mol. The van der Waals surface area contributed by atoms with E-state index in [4.69, 9.17) is 0 Å². The molecule has 1 saturated carbocycles. The van der Waals surface area contributed by atoms with Crippen LogP contribution in [-0.2, 0) is 14.6 Å². The zero-order valence-corrected chi connectivity index (χ0v) is 11.8. The van der Waals surface area contributed by atoms with Crippen LogP contribution in [0.2, 0.25) is 0 Å². The van der Waals surface area contributed by atoms with Gasteiger partial charge in [0.1, 0.15) is 11.6 Å². The highest BCUT2D eigenvalue weighted by Gasteiger charge is 2.52. The van der Waals surface area contributed by atoms with Crippen molar-refractivity contribution < 1.29 is 22.7 Å². The molecule has 1 heterocycles. The lowest BCUT2D eigenvalue weighted by Gasteiger charge is -2.39. The first kappa shape index (κ1) is 14.8. The van der Waals surface area contributed by atoms with Crippen molar-refractivity contribution in [3.63, 3.8) is 0 Å². The van der Waals surface area contributed by atoms with Crippen LogP contribution in [0.3, 0.4) is 0 Å². The fourth-order valence-corrected chi connectivity index (χ4v) is 5.03. The van der Waals surface area contributed by atoms with Crippen LogP contribution in [0, 0.1) is 11.3 Å². The van der Waals surface area contributed by atoms with Gasteiger partial charge in [-0.25, -0.2) is 12.8 Å². The van der Waals surface area contributed by atoms with E-state index in [1.54, 1.807) is 0 Å². The van der Waals surface area contributed by atoms with Crippen molar-refractivity contribution in [2.75, 3.05) is 11.5 Å².